The first-order valence-corrected chi connectivity index (χ1v) is 12.0. The summed E-state index contributed by atoms with van der Waals surface area (Å²) in [6, 6.07) is 14.8. The van der Waals surface area contributed by atoms with Crippen LogP contribution in [-0.4, -0.2) is 38.2 Å². The lowest BCUT2D eigenvalue weighted by Crippen LogP contribution is -2.27. The average molecular weight is 540 g/mol. The Labute approximate surface area is 220 Å². The molecule has 0 saturated carbocycles. The van der Waals surface area contributed by atoms with Crippen molar-refractivity contribution < 1.29 is 33.0 Å². The van der Waals surface area contributed by atoms with E-state index in [9.17, 15) is 32.7 Å². The van der Waals surface area contributed by atoms with Gasteiger partial charge in [0, 0.05) is 30.5 Å². The van der Waals surface area contributed by atoms with Crippen molar-refractivity contribution in [3.63, 3.8) is 0 Å². The number of benzene rings is 2. The van der Waals surface area contributed by atoms with Crippen LogP contribution in [0.25, 0.3) is 22.0 Å². The number of hydrogen-bond acceptors (Lipinski definition) is 5. The number of carboxylic acid groups (broad SMARTS) is 1. The predicted octanol–water partition coefficient (Wildman–Crippen LogP) is 4.63. The minimum Gasteiger partial charge on any atom is -0.505 e. The second-order valence-electron chi connectivity index (χ2n) is 8.84. The van der Waals surface area contributed by atoms with Crippen molar-refractivity contribution in [2.45, 2.75) is 32.0 Å². The maximum atomic E-state index is 13.6. The first kappa shape index (κ1) is 27.4. The number of carbonyl (C=O) groups is 2. The zero-order valence-corrected chi connectivity index (χ0v) is 20.5. The van der Waals surface area contributed by atoms with Crippen molar-refractivity contribution in [1.82, 2.24) is 14.9 Å². The molecule has 39 heavy (non-hydrogen) atoms. The number of carbonyl (C=O) groups excluding carboxylic acids is 1. The molecule has 0 atom stereocenters. The van der Waals surface area contributed by atoms with Gasteiger partial charge < -0.3 is 20.1 Å². The first-order valence-electron chi connectivity index (χ1n) is 12.0. The number of nitrogens with zero attached hydrogens (tertiary/aromatic N) is 2. The molecule has 8 nitrogen and oxygen atoms in total. The molecule has 2 heterocycles. The van der Waals surface area contributed by atoms with Crippen molar-refractivity contribution >= 4 is 22.8 Å². The first-order chi connectivity index (χ1) is 18.6. The molecule has 3 N–H and O–H groups in total. The summed E-state index contributed by atoms with van der Waals surface area (Å²) in [6.45, 7) is 0.157. The second kappa shape index (κ2) is 11.4. The van der Waals surface area contributed by atoms with Gasteiger partial charge in [-0.2, -0.15) is 13.2 Å². The monoisotopic (exact) mass is 539 g/mol. The van der Waals surface area contributed by atoms with E-state index in [0.29, 0.717) is 6.42 Å². The number of amides is 1. The quantitative estimate of drug-likeness (QED) is 0.267. The summed E-state index contributed by atoms with van der Waals surface area (Å²) in [7, 11) is 0. The van der Waals surface area contributed by atoms with Crippen LogP contribution in [0.15, 0.2) is 71.7 Å². The molecule has 4 rings (SSSR count). The molecule has 0 aliphatic rings. The van der Waals surface area contributed by atoms with Crippen LogP contribution in [0.1, 0.15) is 34.5 Å². The van der Waals surface area contributed by atoms with Crippen molar-refractivity contribution in [1.29, 1.82) is 0 Å². The number of aryl methyl sites for hydroxylation is 2. The van der Waals surface area contributed by atoms with E-state index < -0.39 is 34.9 Å². The highest BCUT2D eigenvalue weighted by molar-refractivity contribution is 6.01. The third kappa shape index (κ3) is 6.25. The highest BCUT2D eigenvalue weighted by atomic mass is 19.4. The molecule has 0 aliphatic carbocycles. The number of aromatic hydroxyl groups is 1. The van der Waals surface area contributed by atoms with Crippen LogP contribution in [0.4, 0.5) is 13.2 Å². The molecule has 4 aromatic rings. The van der Waals surface area contributed by atoms with E-state index >= 15 is 0 Å². The minimum absolute atomic E-state index is 0.000991. The number of pyridine rings is 2. The predicted molar refractivity (Wildman–Crippen MR) is 137 cm³/mol. The fourth-order valence-corrected chi connectivity index (χ4v) is 4.19. The van der Waals surface area contributed by atoms with Crippen LogP contribution in [0.5, 0.6) is 5.75 Å². The molecule has 0 aliphatic heterocycles. The molecule has 202 valence electrons. The number of aromatic nitrogens is 2. The van der Waals surface area contributed by atoms with Gasteiger partial charge in [-0.25, -0.2) is 4.98 Å². The Balaban J connectivity index is 1.82. The van der Waals surface area contributed by atoms with Crippen LogP contribution in [0.3, 0.4) is 0 Å². The lowest BCUT2D eigenvalue weighted by atomic mass is 10.0. The Bertz CT molecular complexity index is 1580. The lowest BCUT2D eigenvalue weighted by Gasteiger charge is -2.16. The standard InChI is InChI=1S/C28H24F3N3O5/c29-28(30,31)19-9-4-8-18(14-19)20-15-21-22(34(27(20)39)13-11-17-6-2-1-3-7-17)16-33-24(25(21)37)26(38)32-12-5-10-23(35)36/h1-4,6-9,14-16,37H,5,10-13H2,(H,32,38)(H,35,36). The Morgan fingerprint density at radius 2 is 1.77 bits per heavy atom. The van der Waals surface area contributed by atoms with E-state index in [1.54, 1.807) is 0 Å². The minimum atomic E-state index is -4.63. The number of rotatable bonds is 9. The van der Waals surface area contributed by atoms with Gasteiger partial charge in [0.1, 0.15) is 0 Å². The fraction of sp³-hybridized carbons (Fsp3) is 0.214. The molecule has 2 aromatic heterocycles. The van der Waals surface area contributed by atoms with E-state index in [2.05, 4.69) is 10.3 Å². The van der Waals surface area contributed by atoms with Gasteiger partial charge in [0.2, 0.25) is 0 Å². The van der Waals surface area contributed by atoms with E-state index in [0.717, 1.165) is 17.7 Å². The molecule has 0 saturated heterocycles. The smallest absolute Gasteiger partial charge is 0.416 e. The Morgan fingerprint density at radius 1 is 1.03 bits per heavy atom. The maximum Gasteiger partial charge on any atom is 0.416 e. The number of aliphatic carboxylic acids is 1. The van der Waals surface area contributed by atoms with E-state index in [1.165, 1.54) is 29.0 Å². The molecular formula is C28H24F3N3O5. The topological polar surface area (TPSA) is 122 Å². The zero-order valence-electron chi connectivity index (χ0n) is 20.5. The number of fused-ring (bicyclic) bond motifs is 1. The molecule has 0 unspecified atom stereocenters. The Hall–Kier alpha value is -4.67. The van der Waals surface area contributed by atoms with Crippen LogP contribution in [0, 0.1) is 0 Å². The molecule has 2 aromatic carbocycles. The van der Waals surface area contributed by atoms with Gasteiger partial charge in [-0.05, 0) is 42.2 Å². The third-order valence-corrected chi connectivity index (χ3v) is 6.16. The van der Waals surface area contributed by atoms with E-state index in [4.69, 9.17) is 5.11 Å². The summed E-state index contributed by atoms with van der Waals surface area (Å²) in [5, 5.41) is 22.3. The highest BCUT2D eigenvalue weighted by Gasteiger charge is 2.31. The zero-order chi connectivity index (χ0) is 28.2. The SMILES string of the molecule is O=C(O)CCCNC(=O)c1ncc2c(cc(-c3cccc(C(F)(F)F)c3)c(=O)n2CCc2ccccc2)c1O. The van der Waals surface area contributed by atoms with Gasteiger partial charge in [-0.1, -0.05) is 42.5 Å². The van der Waals surface area contributed by atoms with Gasteiger partial charge in [-0.3, -0.25) is 14.4 Å². The van der Waals surface area contributed by atoms with Gasteiger partial charge >= 0.3 is 12.1 Å². The highest BCUT2D eigenvalue weighted by Crippen LogP contribution is 2.34. The molecule has 11 heteroatoms. The lowest BCUT2D eigenvalue weighted by molar-refractivity contribution is -0.138. The Morgan fingerprint density at radius 3 is 2.46 bits per heavy atom. The molecule has 1 amide bonds. The van der Waals surface area contributed by atoms with E-state index in [-0.39, 0.29) is 53.7 Å². The molecule has 0 radical (unpaired) electrons. The number of hydrogen-bond donors (Lipinski definition) is 3. The van der Waals surface area contributed by atoms with Crippen LogP contribution >= 0.6 is 0 Å². The second-order valence-corrected chi connectivity index (χ2v) is 8.84. The summed E-state index contributed by atoms with van der Waals surface area (Å²) in [6.07, 6.45) is -2.96. The number of halogens is 3. The largest absolute Gasteiger partial charge is 0.505 e. The normalized spacial score (nSPS) is 11.5. The summed E-state index contributed by atoms with van der Waals surface area (Å²) >= 11 is 0. The number of carboxylic acids is 1. The molecule has 0 bridgehead atoms. The van der Waals surface area contributed by atoms with Crippen LogP contribution < -0.4 is 10.9 Å². The van der Waals surface area contributed by atoms with Crippen LogP contribution in [-0.2, 0) is 23.9 Å². The van der Waals surface area contributed by atoms with Gasteiger partial charge in [0.05, 0.1) is 17.3 Å². The molecular weight excluding hydrogens is 515 g/mol. The van der Waals surface area contributed by atoms with Crippen molar-refractivity contribution in [3.8, 4) is 16.9 Å². The summed E-state index contributed by atoms with van der Waals surface area (Å²) in [4.78, 5) is 40.9. The molecule has 0 spiro atoms. The Kier molecular flexibility index (Phi) is 7.99. The molecule has 0 fully saturated rings. The third-order valence-electron chi connectivity index (χ3n) is 6.16. The maximum absolute atomic E-state index is 13.6. The van der Waals surface area contributed by atoms with Crippen molar-refractivity contribution in [2.75, 3.05) is 6.54 Å². The van der Waals surface area contributed by atoms with Gasteiger partial charge in [0.25, 0.3) is 11.5 Å². The van der Waals surface area contributed by atoms with Crippen molar-refractivity contribution in [2.24, 2.45) is 0 Å². The van der Waals surface area contributed by atoms with Gasteiger partial charge in [-0.15, -0.1) is 0 Å². The fourth-order valence-electron chi connectivity index (χ4n) is 4.19. The number of alkyl halides is 3. The average Bonchev–Trinajstić information content (AvgIpc) is 2.90. The summed E-state index contributed by atoms with van der Waals surface area (Å²) in [5.41, 5.74) is -0.846. The van der Waals surface area contributed by atoms with E-state index in [1.807, 2.05) is 30.3 Å². The summed E-state index contributed by atoms with van der Waals surface area (Å²) < 4.78 is 41.5. The number of nitrogens with one attached hydrogen (secondary N) is 1. The summed E-state index contributed by atoms with van der Waals surface area (Å²) in [5.74, 6) is -2.33. The van der Waals surface area contributed by atoms with Gasteiger partial charge in [0.15, 0.2) is 11.4 Å². The van der Waals surface area contributed by atoms with Crippen molar-refractivity contribution in [3.05, 3.63) is 94.0 Å². The van der Waals surface area contributed by atoms with Crippen LogP contribution in [0.2, 0.25) is 0 Å².